The van der Waals surface area contributed by atoms with Crippen molar-refractivity contribution >= 4 is 0 Å². The van der Waals surface area contributed by atoms with Gasteiger partial charge < -0.3 is 0 Å². The Morgan fingerprint density at radius 3 is 2.00 bits per heavy atom. The van der Waals surface area contributed by atoms with Crippen LogP contribution in [0, 0.1) is 5.92 Å². The van der Waals surface area contributed by atoms with E-state index in [-0.39, 0.29) is 0 Å². The van der Waals surface area contributed by atoms with Crippen LogP contribution in [0.3, 0.4) is 0 Å². The van der Waals surface area contributed by atoms with Gasteiger partial charge in [0, 0.05) is 0 Å². The fourth-order valence-electron chi connectivity index (χ4n) is 2.07. The summed E-state index contributed by atoms with van der Waals surface area (Å²) in [5, 5.41) is 0. The smallest absolute Gasteiger partial charge is 0.0351 e. The molecule has 0 N–H and O–H groups in total. The summed E-state index contributed by atoms with van der Waals surface area (Å²) in [5.74, 6) is 0.975. The zero-order valence-electron chi connectivity index (χ0n) is 9.10. The molecule has 0 spiro atoms. The van der Waals surface area contributed by atoms with Gasteiger partial charge in [-0.05, 0) is 31.6 Å². The molecule has 0 saturated carbocycles. The van der Waals surface area contributed by atoms with E-state index in [0.717, 1.165) is 5.92 Å². The van der Waals surface area contributed by atoms with Crippen molar-refractivity contribution in [2.45, 2.75) is 64.7 Å². The van der Waals surface area contributed by atoms with Gasteiger partial charge in [-0.15, -0.1) is 0 Å². The van der Waals surface area contributed by atoms with Crippen molar-refractivity contribution in [1.82, 2.24) is 0 Å². The molecule has 0 aliphatic heterocycles. The van der Waals surface area contributed by atoms with Crippen LogP contribution in [-0.2, 0) is 0 Å². The normalized spacial score (nSPS) is 27.6. The lowest BCUT2D eigenvalue weighted by atomic mass is 9.96. The summed E-state index contributed by atoms with van der Waals surface area (Å²) in [6.07, 6.45) is 17.4. The first-order chi connectivity index (χ1) is 6.39. The first kappa shape index (κ1) is 10.8. The van der Waals surface area contributed by atoms with Crippen LogP contribution in [0.1, 0.15) is 64.7 Å². The summed E-state index contributed by atoms with van der Waals surface area (Å²) in [6.45, 7) is 2.42. The third-order valence-corrected chi connectivity index (χ3v) is 3.05. The van der Waals surface area contributed by atoms with Gasteiger partial charge in [-0.3, -0.25) is 0 Å². The van der Waals surface area contributed by atoms with E-state index in [9.17, 15) is 0 Å². The molecule has 0 heterocycles. The highest BCUT2D eigenvalue weighted by molar-refractivity contribution is 4.81. The second-order valence-electron chi connectivity index (χ2n) is 4.50. The van der Waals surface area contributed by atoms with Crippen LogP contribution in [0.2, 0.25) is 0 Å². The SMILES string of the molecule is CC1CCCCC=CCCCCC1. The highest BCUT2D eigenvalue weighted by Gasteiger charge is 2.01. The largest absolute Gasteiger partial charge is 0.0885 e. The zero-order valence-corrected chi connectivity index (χ0v) is 9.10. The molecule has 0 fully saturated rings. The standard InChI is InChI=1S/C13H24/c1-13-11-9-7-5-3-2-4-6-8-10-12-13/h2-3,13H,4-12H2,1H3. The second kappa shape index (κ2) is 7.17. The molecule has 0 bridgehead atoms. The average molecular weight is 180 g/mol. The summed E-state index contributed by atoms with van der Waals surface area (Å²) < 4.78 is 0. The summed E-state index contributed by atoms with van der Waals surface area (Å²) in [4.78, 5) is 0. The minimum Gasteiger partial charge on any atom is -0.0885 e. The molecule has 76 valence electrons. The van der Waals surface area contributed by atoms with Crippen molar-refractivity contribution in [2.75, 3.05) is 0 Å². The Morgan fingerprint density at radius 1 is 0.769 bits per heavy atom. The molecule has 0 radical (unpaired) electrons. The molecule has 0 heteroatoms. The maximum absolute atomic E-state index is 2.42. The minimum atomic E-state index is 0.975. The molecule has 0 saturated heterocycles. The number of hydrogen-bond acceptors (Lipinski definition) is 0. The van der Waals surface area contributed by atoms with Gasteiger partial charge in [0.05, 0.1) is 0 Å². The third-order valence-electron chi connectivity index (χ3n) is 3.05. The van der Waals surface area contributed by atoms with Gasteiger partial charge in [0.1, 0.15) is 0 Å². The fraction of sp³-hybridized carbons (Fsp3) is 0.846. The van der Waals surface area contributed by atoms with Crippen LogP contribution < -0.4 is 0 Å². The first-order valence-electron chi connectivity index (χ1n) is 6.04. The predicted octanol–water partition coefficient (Wildman–Crippen LogP) is 4.70. The molecular weight excluding hydrogens is 156 g/mol. The molecule has 0 aromatic heterocycles. The maximum Gasteiger partial charge on any atom is -0.0351 e. The monoisotopic (exact) mass is 180 g/mol. The van der Waals surface area contributed by atoms with Crippen LogP contribution >= 0.6 is 0 Å². The van der Waals surface area contributed by atoms with Gasteiger partial charge >= 0.3 is 0 Å². The lowest BCUT2D eigenvalue weighted by molar-refractivity contribution is 0.441. The van der Waals surface area contributed by atoms with Crippen LogP contribution in [0.25, 0.3) is 0 Å². The molecule has 1 aliphatic rings. The van der Waals surface area contributed by atoms with Crippen molar-refractivity contribution < 1.29 is 0 Å². The van der Waals surface area contributed by atoms with Crippen molar-refractivity contribution in [3.63, 3.8) is 0 Å². The van der Waals surface area contributed by atoms with Crippen molar-refractivity contribution in [3.8, 4) is 0 Å². The molecule has 1 unspecified atom stereocenters. The molecule has 13 heavy (non-hydrogen) atoms. The first-order valence-corrected chi connectivity index (χ1v) is 6.04. The van der Waals surface area contributed by atoms with E-state index in [1.807, 2.05) is 0 Å². The summed E-state index contributed by atoms with van der Waals surface area (Å²) in [7, 11) is 0. The lowest BCUT2D eigenvalue weighted by Gasteiger charge is -2.11. The maximum atomic E-state index is 2.42. The second-order valence-corrected chi connectivity index (χ2v) is 4.50. The van der Waals surface area contributed by atoms with Gasteiger partial charge in [0.2, 0.25) is 0 Å². The highest BCUT2D eigenvalue weighted by Crippen LogP contribution is 2.18. The molecule has 0 aromatic rings. The van der Waals surface area contributed by atoms with Gasteiger partial charge in [0.25, 0.3) is 0 Å². The van der Waals surface area contributed by atoms with E-state index in [0.29, 0.717) is 0 Å². The number of rotatable bonds is 0. The van der Waals surface area contributed by atoms with E-state index < -0.39 is 0 Å². The quantitative estimate of drug-likeness (QED) is 0.474. The van der Waals surface area contributed by atoms with E-state index >= 15 is 0 Å². The van der Waals surface area contributed by atoms with Gasteiger partial charge in [-0.1, -0.05) is 51.2 Å². The summed E-state index contributed by atoms with van der Waals surface area (Å²) in [5.41, 5.74) is 0. The minimum absolute atomic E-state index is 0.975. The molecule has 0 aromatic carbocycles. The van der Waals surface area contributed by atoms with E-state index in [1.54, 1.807) is 0 Å². The Kier molecular flexibility index (Phi) is 5.97. The van der Waals surface area contributed by atoms with Crippen molar-refractivity contribution in [3.05, 3.63) is 12.2 Å². The van der Waals surface area contributed by atoms with Crippen LogP contribution in [0.4, 0.5) is 0 Å². The molecule has 0 amide bonds. The van der Waals surface area contributed by atoms with E-state index in [2.05, 4.69) is 19.1 Å². The van der Waals surface area contributed by atoms with Crippen LogP contribution in [0.5, 0.6) is 0 Å². The summed E-state index contributed by atoms with van der Waals surface area (Å²) >= 11 is 0. The van der Waals surface area contributed by atoms with E-state index in [4.69, 9.17) is 0 Å². The Labute approximate surface area is 83.4 Å². The van der Waals surface area contributed by atoms with Crippen LogP contribution in [0.15, 0.2) is 12.2 Å². The van der Waals surface area contributed by atoms with Gasteiger partial charge in [-0.2, -0.15) is 0 Å². The van der Waals surface area contributed by atoms with E-state index in [1.165, 1.54) is 57.8 Å². The number of allylic oxidation sites excluding steroid dienone is 2. The lowest BCUT2D eigenvalue weighted by Crippen LogP contribution is -1.95. The molecular formula is C13H24. The molecule has 1 aliphatic carbocycles. The zero-order chi connectivity index (χ0) is 9.36. The van der Waals surface area contributed by atoms with Crippen LogP contribution in [-0.4, -0.2) is 0 Å². The van der Waals surface area contributed by atoms with Gasteiger partial charge in [-0.25, -0.2) is 0 Å². The predicted molar refractivity (Wildman–Crippen MR) is 59.9 cm³/mol. The Bertz CT molecular complexity index is 135. The molecule has 0 nitrogen and oxygen atoms in total. The van der Waals surface area contributed by atoms with Crippen molar-refractivity contribution in [2.24, 2.45) is 5.92 Å². The Hall–Kier alpha value is -0.260. The molecule has 1 atom stereocenters. The van der Waals surface area contributed by atoms with Gasteiger partial charge in [0.15, 0.2) is 0 Å². The average Bonchev–Trinajstić information content (AvgIpc) is 2.11. The summed E-state index contributed by atoms with van der Waals surface area (Å²) in [6, 6.07) is 0. The van der Waals surface area contributed by atoms with Crippen molar-refractivity contribution in [1.29, 1.82) is 0 Å². The Morgan fingerprint density at radius 2 is 1.31 bits per heavy atom. The Balaban J connectivity index is 2.20. The fourth-order valence-corrected chi connectivity index (χ4v) is 2.07. The number of hydrogen-bond donors (Lipinski definition) is 0. The molecule has 1 rings (SSSR count). The highest BCUT2D eigenvalue weighted by atomic mass is 14.1. The topological polar surface area (TPSA) is 0 Å². The third kappa shape index (κ3) is 5.90.